The van der Waals surface area contributed by atoms with Gasteiger partial charge in [-0.2, -0.15) is 0 Å². The average Bonchev–Trinajstić information content (AvgIpc) is 2.84. The van der Waals surface area contributed by atoms with Gasteiger partial charge in [-0.1, -0.05) is 32.6 Å². The van der Waals surface area contributed by atoms with Gasteiger partial charge in [-0.3, -0.25) is 4.79 Å². The van der Waals surface area contributed by atoms with Gasteiger partial charge < -0.3 is 0 Å². The van der Waals surface area contributed by atoms with Gasteiger partial charge in [0.25, 0.3) is 0 Å². The van der Waals surface area contributed by atoms with E-state index in [-0.39, 0.29) is 0 Å². The zero-order valence-electron chi connectivity index (χ0n) is 14.2. The SMILES string of the molecule is C=CC1=CCC2C3CCC4CC(=O)CCC4(C)C3CCC12C. The number of rotatable bonds is 1. The van der Waals surface area contributed by atoms with E-state index in [0.29, 0.717) is 22.5 Å². The molecule has 0 radical (unpaired) electrons. The highest BCUT2D eigenvalue weighted by Crippen LogP contribution is 2.66. The topological polar surface area (TPSA) is 17.1 Å². The van der Waals surface area contributed by atoms with Crippen LogP contribution in [0.15, 0.2) is 24.3 Å². The van der Waals surface area contributed by atoms with Crippen molar-refractivity contribution in [2.24, 2.45) is 34.5 Å². The summed E-state index contributed by atoms with van der Waals surface area (Å²) in [5, 5.41) is 0. The van der Waals surface area contributed by atoms with Crippen LogP contribution in [0, 0.1) is 34.5 Å². The highest BCUT2D eigenvalue weighted by Gasteiger charge is 2.58. The Kier molecular flexibility index (Phi) is 3.23. The number of Topliss-reactive ketones (excluding diaryl/α,β-unsaturated/α-hetero) is 1. The molecule has 4 aliphatic carbocycles. The van der Waals surface area contributed by atoms with Gasteiger partial charge in [-0.15, -0.1) is 0 Å². The third kappa shape index (κ3) is 1.80. The predicted octanol–water partition coefficient (Wildman–Crippen LogP) is 5.32. The first-order valence-corrected chi connectivity index (χ1v) is 9.34. The Morgan fingerprint density at radius 1 is 1.18 bits per heavy atom. The third-order valence-corrected chi connectivity index (χ3v) is 8.34. The Morgan fingerprint density at radius 3 is 2.77 bits per heavy atom. The molecule has 0 spiro atoms. The Balaban J connectivity index is 1.64. The first-order chi connectivity index (χ1) is 10.5. The molecular weight excluding hydrogens is 268 g/mol. The molecule has 120 valence electrons. The highest BCUT2D eigenvalue weighted by molar-refractivity contribution is 5.79. The zero-order valence-corrected chi connectivity index (χ0v) is 14.2. The molecule has 4 rings (SSSR count). The number of hydrogen-bond acceptors (Lipinski definition) is 1. The van der Waals surface area contributed by atoms with Crippen molar-refractivity contribution < 1.29 is 4.79 Å². The third-order valence-electron chi connectivity index (χ3n) is 8.34. The Bertz CT molecular complexity index is 544. The summed E-state index contributed by atoms with van der Waals surface area (Å²) in [6, 6.07) is 0. The fourth-order valence-electron chi connectivity index (χ4n) is 6.96. The normalized spacial score (nSPS) is 50.6. The average molecular weight is 298 g/mol. The van der Waals surface area contributed by atoms with Crippen molar-refractivity contribution in [2.45, 2.75) is 65.2 Å². The molecule has 1 nitrogen and oxygen atoms in total. The molecule has 22 heavy (non-hydrogen) atoms. The van der Waals surface area contributed by atoms with E-state index in [1.165, 1.54) is 37.7 Å². The van der Waals surface area contributed by atoms with Gasteiger partial charge in [-0.05, 0) is 78.6 Å². The predicted molar refractivity (Wildman–Crippen MR) is 90.4 cm³/mol. The van der Waals surface area contributed by atoms with E-state index in [1.54, 1.807) is 0 Å². The second-order valence-electron chi connectivity index (χ2n) is 8.96. The Labute approximate surface area is 135 Å². The van der Waals surface area contributed by atoms with Crippen LogP contribution in [0.3, 0.4) is 0 Å². The molecular formula is C21H30O. The van der Waals surface area contributed by atoms with Gasteiger partial charge >= 0.3 is 0 Å². The number of allylic oxidation sites excluding steroid dienone is 3. The van der Waals surface area contributed by atoms with Crippen LogP contribution in [-0.2, 0) is 4.79 Å². The van der Waals surface area contributed by atoms with Crippen LogP contribution in [0.5, 0.6) is 0 Å². The molecule has 6 atom stereocenters. The first kappa shape index (κ1) is 14.7. The molecule has 0 bridgehead atoms. The van der Waals surface area contributed by atoms with Crippen LogP contribution >= 0.6 is 0 Å². The van der Waals surface area contributed by atoms with E-state index >= 15 is 0 Å². The smallest absolute Gasteiger partial charge is 0.133 e. The number of hydrogen-bond donors (Lipinski definition) is 0. The van der Waals surface area contributed by atoms with Crippen molar-refractivity contribution in [1.82, 2.24) is 0 Å². The van der Waals surface area contributed by atoms with E-state index in [9.17, 15) is 4.79 Å². The van der Waals surface area contributed by atoms with Crippen LogP contribution in [0.1, 0.15) is 65.2 Å². The first-order valence-electron chi connectivity index (χ1n) is 9.34. The maximum absolute atomic E-state index is 11.9. The van der Waals surface area contributed by atoms with E-state index in [4.69, 9.17) is 0 Å². The molecule has 0 heterocycles. The molecule has 3 fully saturated rings. The van der Waals surface area contributed by atoms with Crippen molar-refractivity contribution in [2.75, 3.05) is 0 Å². The molecule has 0 aliphatic heterocycles. The van der Waals surface area contributed by atoms with Crippen LogP contribution < -0.4 is 0 Å². The van der Waals surface area contributed by atoms with Gasteiger partial charge in [-0.25, -0.2) is 0 Å². The van der Waals surface area contributed by atoms with E-state index in [2.05, 4.69) is 32.6 Å². The molecule has 0 amide bonds. The fraction of sp³-hybridized carbons (Fsp3) is 0.762. The Morgan fingerprint density at radius 2 is 2.00 bits per heavy atom. The zero-order chi connectivity index (χ0) is 15.5. The lowest BCUT2D eigenvalue weighted by Crippen LogP contribution is -2.53. The molecule has 1 heteroatoms. The Hall–Kier alpha value is -0.850. The summed E-state index contributed by atoms with van der Waals surface area (Å²) in [5.74, 6) is 3.76. The molecule has 0 saturated heterocycles. The number of ketones is 1. The van der Waals surface area contributed by atoms with Crippen LogP contribution in [0.25, 0.3) is 0 Å². The van der Waals surface area contributed by atoms with Crippen LogP contribution in [0.4, 0.5) is 0 Å². The van der Waals surface area contributed by atoms with E-state index in [1.807, 2.05) is 0 Å². The number of fused-ring (bicyclic) bond motifs is 5. The largest absolute Gasteiger partial charge is 0.300 e. The fourth-order valence-corrected chi connectivity index (χ4v) is 6.96. The maximum atomic E-state index is 11.9. The minimum absolute atomic E-state index is 0.386. The van der Waals surface area contributed by atoms with Crippen molar-refractivity contribution in [3.05, 3.63) is 24.3 Å². The molecule has 0 aromatic rings. The molecule has 4 aliphatic rings. The van der Waals surface area contributed by atoms with Crippen molar-refractivity contribution in [1.29, 1.82) is 0 Å². The van der Waals surface area contributed by atoms with Crippen LogP contribution in [0.2, 0.25) is 0 Å². The van der Waals surface area contributed by atoms with Crippen molar-refractivity contribution >= 4 is 5.78 Å². The quantitative estimate of drug-likeness (QED) is 0.640. The molecule has 0 aromatic heterocycles. The number of carbonyl (C=O) groups is 1. The molecule has 3 saturated carbocycles. The summed E-state index contributed by atoms with van der Waals surface area (Å²) in [6.45, 7) is 9.09. The van der Waals surface area contributed by atoms with Gasteiger partial charge in [0.2, 0.25) is 0 Å². The lowest BCUT2D eigenvalue weighted by atomic mass is 9.45. The van der Waals surface area contributed by atoms with E-state index < -0.39 is 0 Å². The molecule has 0 aromatic carbocycles. The second kappa shape index (κ2) is 4.82. The second-order valence-corrected chi connectivity index (χ2v) is 8.96. The summed E-state index contributed by atoms with van der Waals surface area (Å²) < 4.78 is 0. The minimum atomic E-state index is 0.386. The lowest BCUT2D eigenvalue weighted by molar-refractivity contribution is -0.137. The van der Waals surface area contributed by atoms with Gasteiger partial charge in [0.05, 0.1) is 0 Å². The molecule has 6 unspecified atom stereocenters. The van der Waals surface area contributed by atoms with Gasteiger partial charge in [0.1, 0.15) is 5.78 Å². The summed E-state index contributed by atoms with van der Waals surface area (Å²) >= 11 is 0. The van der Waals surface area contributed by atoms with Crippen LogP contribution in [-0.4, -0.2) is 5.78 Å². The minimum Gasteiger partial charge on any atom is -0.300 e. The molecule has 0 N–H and O–H groups in total. The van der Waals surface area contributed by atoms with Gasteiger partial charge in [0.15, 0.2) is 0 Å². The lowest BCUT2D eigenvalue weighted by Gasteiger charge is -2.60. The summed E-state index contributed by atoms with van der Waals surface area (Å²) in [7, 11) is 0. The van der Waals surface area contributed by atoms with E-state index in [0.717, 1.165) is 37.0 Å². The van der Waals surface area contributed by atoms with Gasteiger partial charge in [0, 0.05) is 12.8 Å². The van der Waals surface area contributed by atoms with Crippen molar-refractivity contribution in [3.63, 3.8) is 0 Å². The summed E-state index contributed by atoms with van der Waals surface area (Å²) in [5.41, 5.74) is 2.34. The summed E-state index contributed by atoms with van der Waals surface area (Å²) in [6.07, 6.45) is 14.1. The highest BCUT2D eigenvalue weighted by atomic mass is 16.1. The summed E-state index contributed by atoms with van der Waals surface area (Å²) in [4.78, 5) is 11.9. The number of carbonyl (C=O) groups excluding carboxylic acids is 1. The maximum Gasteiger partial charge on any atom is 0.133 e. The monoisotopic (exact) mass is 298 g/mol. The van der Waals surface area contributed by atoms with Crippen molar-refractivity contribution in [3.8, 4) is 0 Å². The standard InChI is InChI=1S/C21H30O/c1-4-14-6-8-18-17-7-5-15-13-16(22)9-11-21(15,3)19(17)10-12-20(14,18)2/h4,6,15,17-19H,1,5,7-13H2,2-3H3.